The van der Waals surface area contributed by atoms with Gasteiger partial charge in [-0.3, -0.25) is 14.7 Å². The summed E-state index contributed by atoms with van der Waals surface area (Å²) >= 11 is 3.66. The van der Waals surface area contributed by atoms with Crippen LogP contribution in [0, 0.1) is 5.92 Å². The molecule has 4 aromatic carbocycles. The number of aromatic amines is 1. The predicted molar refractivity (Wildman–Crippen MR) is 191 cm³/mol. The van der Waals surface area contributed by atoms with Crippen LogP contribution in [0.25, 0.3) is 16.6 Å². The minimum atomic E-state index is -2.26. The summed E-state index contributed by atoms with van der Waals surface area (Å²) in [5.41, 5.74) is 2.88. The molecule has 7 rings (SSSR count). The molecule has 5 aromatic rings. The first kappa shape index (κ1) is 31.6. The fraction of sp³-hybridized carbons (Fsp3) is 0.297. The van der Waals surface area contributed by atoms with Gasteiger partial charge in [0.1, 0.15) is 5.75 Å². The quantitative estimate of drug-likeness (QED) is 0.186. The number of nitrogens with zero attached hydrogens (tertiary/aromatic N) is 2. The Morgan fingerprint density at radius 2 is 1.72 bits per heavy atom. The molecule has 0 unspecified atom stereocenters. The maximum absolute atomic E-state index is 14.9. The number of aliphatic hydroxyl groups excluding tert-OH is 1. The minimum absolute atomic E-state index is 0.0217. The van der Waals surface area contributed by atoms with Gasteiger partial charge in [0.15, 0.2) is 5.60 Å². The van der Waals surface area contributed by atoms with Crippen LogP contribution in [-0.2, 0) is 21.7 Å². The van der Waals surface area contributed by atoms with E-state index in [0.717, 1.165) is 38.2 Å². The lowest BCUT2D eigenvalue weighted by Gasteiger charge is -2.37. The zero-order chi connectivity index (χ0) is 33.1. The van der Waals surface area contributed by atoms with Gasteiger partial charge in [0.2, 0.25) is 0 Å². The van der Waals surface area contributed by atoms with Crippen molar-refractivity contribution in [3.05, 3.63) is 117 Å². The van der Waals surface area contributed by atoms with Gasteiger partial charge in [-0.15, -0.1) is 0 Å². The van der Waals surface area contributed by atoms with E-state index in [2.05, 4.69) is 53.2 Å². The summed E-state index contributed by atoms with van der Waals surface area (Å²) in [5.74, 6) is 0.572. The van der Waals surface area contributed by atoms with Gasteiger partial charge in [-0.1, -0.05) is 77.5 Å². The summed E-state index contributed by atoms with van der Waals surface area (Å²) in [7, 11) is -0.596. The van der Waals surface area contributed by atoms with Gasteiger partial charge in [-0.05, 0) is 72.1 Å². The average molecular weight is 713 g/mol. The highest BCUT2D eigenvalue weighted by Gasteiger charge is 2.66. The minimum Gasteiger partial charge on any atom is -0.497 e. The van der Waals surface area contributed by atoms with Gasteiger partial charge in [0.05, 0.1) is 50.1 Å². The fourth-order valence-electron chi connectivity index (χ4n) is 8.01. The number of carbonyl (C=O) groups excluding carboxylic acids is 1. The van der Waals surface area contributed by atoms with E-state index in [4.69, 9.17) is 9.47 Å². The van der Waals surface area contributed by atoms with E-state index in [1.807, 2.05) is 83.8 Å². The Morgan fingerprint density at radius 1 is 1.00 bits per heavy atom. The third kappa shape index (κ3) is 5.00. The third-order valence-electron chi connectivity index (χ3n) is 10.3. The zero-order valence-corrected chi connectivity index (χ0v) is 29.5. The molecule has 1 amide bonds. The molecule has 1 saturated heterocycles. The van der Waals surface area contributed by atoms with Crippen LogP contribution < -0.4 is 20.4 Å². The number of aliphatic hydroxyl groups is 1. The van der Waals surface area contributed by atoms with Gasteiger partial charge < -0.3 is 19.5 Å². The highest BCUT2D eigenvalue weighted by Crippen LogP contribution is 2.60. The monoisotopic (exact) mass is 711 g/mol. The summed E-state index contributed by atoms with van der Waals surface area (Å²) < 4.78 is 14.8. The lowest BCUT2D eigenvalue weighted by molar-refractivity contribution is -0.146. The van der Waals surface area contributed by atoms with E-state index >= 15 is 0 Å². The first-order valence-electron chi connectivity index (χ1n) is 15.9. The van der Waals surface area contributed by atoms with Crippen molar-refractivity contribution in [2.45, 2.75) is 50.2 Å². The molecule has 1 aromatic heterocycles. The topological polar surface area (TPSA) is 96.8 Å². The Bertz CT molecular complexity index is 2020. The fourth-order valence-corrected chi connectivity index (χ4v) is 12.4. The number of carbonyl (C=O) groups is 1. The Labute approximate surface area is 283 Å². The van der Waals surface area contributed by atoms with E-state index in [9.17, 15) is 14.7 Å². The van der Waals surface area contributed by atoms with Crippen molar-refractivity contribution in [3.63, 3.8) is 0 Å². The maximum atomic E-state index is 14.9. The molecular formula is C37H38BrN3O5Si. The number of amides is 1. The number of benzene rings is 4. The molecule has 0 radical (unpaired) electrons. The molecule has 0 aliphatic carbocycles. The Morgan fingerprint density at radius 3 is 2.40 bits per heavy atom. The molecular weight excluding hydrogens is 674 g/mol. The summed E-state index contributed by atoms with van der Waals surface area (Å²) in [6, 6.07) is 29.4. The number of hydrogen-bond donors (Lipinski definition) is 2. The standard InChI is InChI=1S/C37H38BrN3O5Si/c1-23-34(47(3,4)28-16-14-27(45-2)15-17-28)33(19-20-42)46-37(23)30-21-25(38)11-18-32(30)40(36(37)44)22-24-9-12-26(13-10-24)41-35(43)29-7-5-6-8-31(29)39-41/h5-18,21,23,33-34,39,42H,19-20,22H2,1-4H3/t23-,33+,34-,37+/m0/s1. The largest absolute Gasteiger partial charge is 0.497 e. The van der Waals surface area contributed by atoms with E-state index < -0.39 is 13.7 Å². The zero-order valence-electron chi connectivity index (χ0n) is 26.9. The van der Waals surface area contributed by atoms with Crippen molar-refractivity contribution in [2.24, 2.45) is 5.92 Å². The summed E-state index contributed by atoms with van der Waals surface area (Å²) in [5, 5.41) is 15.2. The van der Waals surface area contributed by atoms with Crippen LogP contribution in [0.5, 0.6) is 5.75 Å². The number of rotatable bonds is 8. The summed E-state index contributed by atoms with van der Waals surface area (Å²) in [6.07, 6.45) is 0.164. The molecule has 4 atom stereocenters. The number of para-hydroxylation sites is 1. The van der Waals surface area contributed by atoms with E-state index in [1.165, 1.54) is 5.19 Å². The molecule has 10 heteroatoms. The van der Waals surface area contributed by atoms with E-state index in [1.54, 1.807) is 11.8 Å². The van der Waals surface area contributed by atoms with Gasteiger partial charge in [-0.25, -0.2) is 4.68 Å². The normalized spacial score (nSPS) is 22.4. The molecule has 2 N–H and O–H groups in total. The van der Waals surface area contributed by atoms with Crippen molar-refractivity contribution in [2.75, 3.05) is 18.6 Å². The Hall–Kier alpha value is -3.96. The van der Waals surface area contributed by atoms with Crippen LogP contribution in [0.4, 0.5) is 5.69 Å². The van der Waals surface area contributed by atoms with Crippen LogP contribution in [0.15, 0.2) is 100 Å². The molecule has 47 heavy (non-hydrogen) atoms. The van der Waals surface area contributed by atoms with Crippen LogP contribution in [0.2, 0.25) is 18.6 Å². The second-order valence-electron chi connectivity index (χ2n) is 13.2. The molecule has 1 spiro atoms. The first-order chi connectivity index (χ1) is 22.6. The summed E-state index contributed by atoms with van der Waals surface area (Å²) in [6.45, 7) is 7.15. The van der Waals surface area contributed by atoms with Crippen LogP contribution in [0.3, 0.4) is 0 Å². The second kappa shape index (κ2) is 11.9. The van der Waals surface area contributed by atoms with Crippen molar-refractivity contribution in [1.29, 1.82) is 0 Å². The van der Waals surface area contributed by atoms with Crippen molar-refractivity contribution < 1.29 is 19.4 Å². The first-order valence-corrected chi connectivity index (χ1v) is 19.8. The number of hydrogen-bond acceptors (Lipinski definition) is 5. The summed E-state index contributed by atoms with van der Waals surface area (Å²) in [4.78, 5) is 29.7. The third-order valence-corrected chi connectivity index (χ3v) is 15.2. The number of aromatic nitrogens is 2. The molecule has 2 aliphatic heterocycles. The van der Waals surface area contributed by atoms with Crippen LogP contribution >= 0.6 is 15.9 Å². The second-order valence-corrected chi connectivity index (χ2v) is 18.8. The van der Waals surface area contributed by atoms with Crippen LogP contribution in [0.1, 0.15) is 24.5 Å². The van der Waals surface area contributed by atoms with Crippen molar-refractivity contribution in [1.82, 2.24) is 9.78 Å². The van der Waals surface area contributed by atoms with Crippen molar-refractivity contribution in [3.8, 4) is 11.4 Å². The highest BCUT2D eigenvalue weighted by atomic mass is 79.9. The number of methoxy groups -OCH3 is 1. The number of anilines is 1. The molecule has 0 bridgehead atoms. The van der Waals surface area contributed by atoms with Gasteiger partial charge in [0.25, 0.3) is 11.5 Å². The van der Waals surface area contributed by atoms with Gasteiger partial charge in [-0.2, -0.15) is 0 Å². The maximum Gasteiger partial charge on any atom is 0.279 e. The Kier molecular flexibility index (Phi) is 8.03. The lowest BCUT2D eigenvalue weighted by Crippen LogP contribution is -2.51. The highest BCUT2D eigenvalue weighted by molar-refractivity contribution is 9.10. The lowest BCUT2D eigenvalue weighted by atomic mass is 9.82. The smallest absolute Gasteiger partial charge is 0.279 e. The molecule has 1 fully saturated rings. The molecule has 0 saturated carbocycles. The van der Waals surface area contributed by atoms with Gasteiger partial charge in [0, 0.05) is 22.6 Å². The van der Waals surface area contributed by atoms with E-state index in [-0.39, 0.29) is 35.6 Å². The number of H-pyrrole nitrogens is 1. The van der Waals surface area contributed by atoms with Crippen LogP contribution in [-0.4, -0.2) is 48.7 Å². The molecule has 242 valence electrons. The van der Waals surface area contributed by atoms with Gasteiger partial charge >= 0.3 is 0 Å². The van der Waals surface area contributed by atoms with Crippen molar-refractivity contribution >= 4 is 51.7 Å². The predicted octanol–water partition coefficient (Wildman–Crippen LogP) is 6.24. The van der Waals surface area contributed by atoms with E-state index in [0.29, 0.717) is 18.4 Å². The molecule has 8 nitrogen and oxygen atoms in total. The number of fused-ring (bicyclic) bond motifs is 3. The molecule has 3 heterocycles. The average Bonchev–Trinajstić information content (AvgIpc) is 3.65. The molecule has 2 aliphatic rings. The number of halogens is 1. The Balaban J connectivity index is 1.24. The number of ether oxygens (including phenoxy) is 2. The SMILES string of the molecule is COc1ccc([Si](C)(C)[C@@H]2[C@@H](CCO)O[C@]3(C(=O)N(Cc4ccc(-n5[nH]c6ccccc6c5=O)cc4)c4ccc(Br)cc43)[C@H]2C)cc1. The number of nitrogens with one attached hydrogen (secondary N) is 1.